The summed E-state index contributed by atoms with van der Waals surface area (Å²) in [7, 11) is 0. The maximum atomic E-state index is 12.1. The summed E-state index contributed by atoms with van der Waals surface area (Å²) in [6, 6.07) is 10.4. The number of carbonyl (C=O) groups excluding carboxylic acids is 2. The van der Waals surface area contributed by atoms with Crippen LogP contribution < -0.4 is 24.3 Å². The van der Waals surface area contributed by atoms with E-state index in [9.17, 15) is 9.59 Å². The lowest BCUT2D eigenvalue weighted by Gasteiger charge is -2.12. The Morgan fingerprint density at radius 1 is 0.967 bits per heavy atom. The van der Waals surface area contributed by atoms with Gasteiger partial charge in [-0.15, -0.1) is 0 Å². The van der Waals surface area contributed by atoms with Gasteiger partial charge in [-0.05, 0) is 56.2 Å². The van der Waals surface area contributed by atoms with E-state index >= 15 is 0 Å². The molecular formula is C22H25NO7. The third-order valence-corrected chi connectivity index (χ3v) is 4.29. The molecule has 1 aliphatic rings. The number of rotatable bonds is 10. The van der Waals surface area contributed by atoms with Crippen molar-refractivity contribution < 1.29 is 33.3 Å². The van der Waals surface area contributed by atoms with Gasteiger partial charge >= 0.3 is 5.97 Å². The van der Waals surface area contributed by atoms with E-state index in [2.05, 4.69) is 5.32 Å². The van der Waals surface area contributed by atoms with Gasteiger partial charge in [0.2, 0.25) is 6.79 Å². The lowest BCUT2D eigenvalue weighted by Crippen LogP contribution is -2.30. The minimum Gasteiger partial charge on any atom is -0.490 e. The number of ether oxygens (including phenoxy) is 5. The number of benzene rings is 2. The molecule has 3 rings (SSSR count). The Balaban J connectivity index is 1.43. The SMILES string of the molecule is CCOc1ccc(CCNC(=O)COC(=O)c2ccc3c(c2)OCO3)cc1OCC. The Morgan fingerprint density at radius 2 is 1.73 bits per heavy atom. The maximum absolute atomic E-state index is 12.1. The Bertz CT molecular complexity index is 897. The highest BCUT2D eigenvalue weighted by Crippen LogP contribution is 2.32. The topological polar surface area (TPSA) is 92.3 Å². The van der Waals surface area contributed by atoms with Crippen molar-refractivity contribution in [2.24, 2.45) is 0 Å². The summed E-state index contributed by atoms with van der Waals surface area (Å²) < 4.78 is 26.6. The van der Waals surface area contributed by atoms with E-state index in [-0.39, 0.29) is 19.3 Å². The second-order valence-electron chi connectivity index (χ2n) is 6.39. The van der Waals surface area contributed by atoms with Gasteiger partial charge in [0.05, 0.1) is 18.8 Å². The summed E-state index contributed by atoms with van der Waals surface area (Å²) in [5.41, 5.74) is 1.30. The molecular weight excluding hydrogens is 390 g/mol. The van der Waals surface area contributed by atoms with Crippen LogP contribution in [0.1, 0.15) is 29.8 Å². The number of nitrogens with one attached hydrogen (secondary N) is 1. The second kappa shape index (κ2) is 10.4. The first-order valence-corrected chi connectivity index (χ1v) is 9.82. The molecule has 160 valence electrons. The van der Waals surface area contributed by atoms with E-state index in [1.807, 2.05) is 32.0 Å². The second-order valence-corrected chi connectivity index (χ2v) is 6.39. The van der Waals surface area contributed by atoms with Gasteiger partial charge in [0, 0.05) is 6.54 Å². The minimum absolute atomic E-state index is 0.122. The molecule has 0 unspecified atom stereocenters. The standard InChI is InChI=1S/C22H25NO7/c1-3-26-17-7-5-15(11-19(17)27-4-2)9-10-23-21(24)13-28-22(25)16-6-8-18-20(12-16)30-14-29-18/h5-8,11-12H,3-4,9-10,13-14H2,1-2H3,(H,23,24). The van der Waals surface area contributed by atoms with E-state index in [0.29, 0.717) is 54.7 Å². The molecule has 0 spiro atoms. The fourth-order valence-electron chi connectivity index (χ4n) is 2.89. The summed E-state index contributed by atoms with van der Waals surface area (Å²) in [5, 5.41) is 2.74. The molecule has 0 fully saturated rings. The van der Waals surface area contributed by atoms with Gasteiger partial charge in [0.25, 0.3) is 5.91 Å². The highest BCUT2D eigenvalue weighted by molar-refractivity contribution is 5.92. The molecule has 0 aromatic heterocycles. The molecule has 8 nitrogen and oxygen atoms in total. The Labute approximate surface area is 175 Å². The summed E-state index contributed by atoms with van der Waals surface area (Å²) in [4.78, 5) is 24.1. The van der Waals surface area contributed by atoms with E-state index in [1.165, 1.54) is 6.07 Å². The van der Waals surface area contributed by atoms with Gasteiger partial charge in [-0.1, -0.05) is 6.07 Å². The summed E-state index contributed by atoms with van der Waals surface area (Å²) >= 11 is 0. The van der Waals surface area contributed by atoms with Crippen molar-refractivity contribution in [1.29, 1.82) is 0 Å². The molecule has 2 aromatic carbocycles. The van der Waals surface area contributed by atoms with Crippen LogP contribution in [0.3, 0.4) is 0 Å². The van der Waals surface area contributed by atoms with E-state index in [0.717, 1.165) is 5.56 Å². The number of fused-ring (bicyclic) bond motifs is 1. The van der Waals surface area contributed by atoms with Crippen LogP contribution in [0.4, 0.5) is 0 Å². The van der Waals surface area contributed by atoms with Crippen LogP contribution in [0.25, 0.3) is 0 Å². The smallest absolute Gasteiger partial charge is 0.338 e. The van der Waals surface area contributed by atoms with Crippen molar-refractivity contribution in [3.05, 3.63) is 47.5 Å². The lowest BCUT2D eigenvalue weighted by atomic mass is 10.1. The molecule has 2 aromatic rings. The van der Waals surface area contributed by atoms with Crippen LogP contribution in [0.5, 0.6) is 23.0 Å². The van der Waals surface area contributed by atoms with Crippen LogP contribution in [-0.2, 0) is 16.0 Å². The van der Waals surface area contributed by atoms with Crippen LogP contribution in [-0.4, -0.2) is 45.0 Å². The van der Waals surface area contributed by atoms with E-state index in [4.69, 9.17) is 23.7 Å². The molecule has 1 heterocycles. The predicted octanol–water partition coefficient (Wildman–Crippen LogP) is 2.73. The van der Waals surface area contributed by atoms with Crippen molar-refractivity contribution in [2.45, 2.75) is 20.3 Å². The molecule has 1 aliphatic heterocycles. The third kappa shape index (κ3) is 5.56. The number of hydrogen-bond acceptors (Lipinski definition) is 7. The lowest BCUT2D eigenvalue weighted by molar-refractivity contribution is -0.124. The molecule has 0 saturated carbocycles. The van der Waals surface area contributed by atoms with Gasteiger partial charge in [0.1, 0.15) is 0 Å². The zero-order chi connectivity index (χ0) is 21.3. The summed E-state index contributed by atoms with van der Waals surface area (Å²) in [6.07, 6.45) is 0.605. The highest BCUT2D eigenvalue weighted by atomic mass is 16.7. The van der Waals surface area contributed by atoms with Crippen molar-refractivity contribution >= 4 is 11.9 Å². The average molecular weight is 415 g/mol. The van der Waals surface area contributed by atoms with Crippen molar-refractivity contribution in [3.63, 3.8) is 0 Å². The fourth-order valence-corrected chi connectivity index (χ4v) is 2.89. The number of hydrogen-bond donors (Lipinski definition) is 1. The van der Waals surface area contributed by atoms with Crippen molar-refractivity contribution in [1.82, 2.24) is 5.32 Å². The Hall–Kier alpha value is -3.42. The van der Waals surface area contributed by atoms with Crippen LogP contribution in [0, 0.1) is 0 Å². The Morgan fingerprint density at radius 3 is 2.53 bits per heavy atom. The molecule has 1 amide bonds. The average Bonchev–Trinajstić information content (AvgIpc) is 3.22. The first-order chi connectivity index (χ1) is 14.6. The van der Waals surface area contributed by atoms with Crippen LogP contribution >= 0.6 is 0 Å². The first kappa shape index (κ1) is 21.3. The predicted molar refractivity (Wildman–Crippen MR) is 108 cm³/mol. The number of carbonyl (C=O) groups is 2. The quantitative estimate of drug-likeness (QED) is 0.597. The van der Waals surface area contributed by atoms with Crippen LogP contribution in [0.2, 0.25) is 0 Å². The molecule has 8 heteroatoms. The zero-order valence-electron chi connectivity index (χ0n) is 17.1. The van der Waals surface area contributed by atoms with E-state index in [1.54, 1.807) is 12.1 Å². The minimum atomic E-state index is -0.601. The molecule has 0 atom stereocenters. The van der Waals surface area contributed by atoms with Gasteiger partial charge < -0.3 is 29.0 Å². The molecule has 0 radical (unpaired) electrons. The Kier molecular flexibility index (Phi) is 7.37. The van der Waals surface area contributed by atoms with Gasteiger partial charge in [-0.2, -0.15) is 0 Å². The third-order valence-electron chi connectivity index (χ3n) is 4.29. The molecule has 1 N–H and O–H groups in total. The summed E-state index contributed by atoms with van der Waals surface area (Å²) in [6.45, 7) is 5.08. The van der Waals surface area contributed by atoms with Crippen molar-refractivity contribution in [2.75, 3.05) is 33.2 Å². The largest absolute Gasteiger partial charge is 0.490 e. The van der Waals surface area contributed by atoms with Gasteiger partial charge in [-0.25, -0.2) is 4.79 Å². The zero-order valence-corrected chi connectivity index (χ0v) is 17.1. The molecule has 0 aliphatic carbocycles. The maximum Gasteiger partial charge on any atom is 0.338 e. The monoisotopic (exact) mass is 415 g/mol. The molecule has 30 heavy (non-hydrogen) atoms. The highest BCUT2D eigenvalue weighted by Gasteiger charge is 2.17. The first-order valence-electron chi connectivity index (χ1n) is 9.82. The number of esters is 1. The normalized spacial score (nSPS) is 11.7. The van der Waals surface area contributed by atoms with Gasteiger partial charge in [-0.3, -0.25) is 4.79 Å². The molecule has 0 saturated heterocycles. The van der Waals surface area contributed by atoms with Crippen LogP contribution in [0.15, 0.2) is 36.4 Å². The number of amides is 1. The fraction of sp³-hybridized carbons (Fsp3) is 0.364. The van der Waals surface area contributed by atoms with Crippen molar-refractivity contribution in [3.8, 4) is 23.0 Å². The van der Waals surface area contributed by atoms with Gasteiger partial charge in [0.15, 0.2) is 29.6 Å². The summed E-state index contributed by atoms with van der Waals surface area (Å²) in [5.74, 6) is 1.46. The van der Waals surface area contributed by atoms with E-state index < -0.39 is 5.97 Å². The molecule has 0 bridgehead atoms.